The second kappa shape index (κ2) is 5.31. The normalized spacial score (nSPS) is 15.7. The van der Waals surface area contributed by atoms with Crippen molar-refractivity contribution in [2.45, 2.75) is 46.5 Å². The summed E-state index contributed by atoms with van der Waals surface area (Å²) in [5.74, 6) is 0. The molecule has 2 N–H and O–H groups in total. The van der Waals surface area contributed by atoms with Crippen LogP contribution in [0.3, 0.4) is 0 Å². The van der Waals surface area contributed by atoms with Crippen molar-refractivity contribution in [3.8, 4) is 0 Å². The smallest absolute Gasteiger partial charge is 0.0484 e. The summed E-state index contributed by atoms with van der Waals surface area (Å²) in [5.41, 5.74) is 0.821. The van der Waals surface area contributed by atoms with Crippen molar-refractivity contribution in [3.63, 3.8) is 0 Å². The summed E-state index contributed by atoms with van der Waals surface area (Å²) in [5, 5.41) is 16.4. The zero-order valence-electron chi connectivity index (χ0n) is 8.48. The van der Waals surface area contributed by atoms with E-state index in [1.165, 1.54) is 0 Å². The van der Waals surface area contributed by atoms with Crippen LogP contribution >= 0.6 is 0 Å². The number of nitrogens with one attached hydrogen (secondary N) is 1. The minimum absolute atomic E-state index is 0.0788. The van der Waals surface area contributed by atoms with Gasteiger partial charge in [-0.15, -0.1) is 0 Å². The van der Waals surface area contributed by atoms with E-state index < -0.39 is 0 Å². The number of hydrogen-bond acceptors (Lipinski definition) is 2. The molecule has 12 heavy (non-hydrogen) atoms. The Morgan fingerprint density at radius 3 is 2.42 bits per heavy atom. The standard InChI is InChI=1S/C10H21NO/c1-4-10(3,8-12)7-5-6-9(2)11/h11-12H,4-8H2,1-3H3. The van der Waals surface area contributed by atoms with Gasteiger partial charge in [-0.3, -0.25) is 0 Å². The average Bonchev–Trinajstić information content (AvgIpc) is 2.03. The molecular formula is C10H21NO. The topological polar surface area (TPSA) is 44.1 Å². The van der Waals surface area contributed by atoms with Crippen LogP contribution in [0.4, 0.5) is 0 Å². The van der Waals surface area contributed by atoms with Crippen LogP contribution < -0.4 is 0 Å². The van der Waals surface area contributed by atoms with Crippen molar-refractivity contribution in [1.82, 2.24) is 0 Å². The van der Waals surface area contributed by atoms with Gasteiger partial charge in [-0.1, -0.05) is 13.8 Å². The summed E-state index contributed by atoms with van der Waals surface area (Å²) in [6.45, 7) is 6.31. The zero-order chi connectivity index (χ0) is 9.61. The van der Waals surface area contributed by atoms with Crippen molar-refractivity contribution < 1.29 is 5.11 Å². The highest BCUT2D eigenvalue weighted by atomic mass is 16.3. The molecule has 0 radical (unpaired) electrons. The fraction of sp³-hybridized carbons (Fsp3) is 0.900. The lowest BCUT2D eigenvalue weighted by Crippen LogP contribution is -2.20. The number of aliphatic hydroxyl groups is 1. The first-order valence-electron chi connectivity index (χ1n) is 4.69. The molecule has 0 aliphatic rings. The van der Waals surface area contributed by atoms with Crippen LogP contribution in [0, 0.1) is 10.8 Å². The van der Waals surface area contributed by atoms with Gasteiger partial charge < -0.3 is 10.5 Å². The molecular weight excluding hydrogens is 150 g/mol. The van der Waals surface area contributed by atoms with Gasteiger partial charge in [-0.25, -0.2) is 0 Å². The molecule has 72 valence electrons. The third kappa shape index (κ3) is 4.50. The second-order valence-electron chi connectivity index (χ2n) is 3.96. The van der Waals surface area contributed by atoms with Gasteiger partial charge in [0.25, 0.3) is 0 Å². The van der Waals surface area contributed by atoms with E-state index in [9.17, 15) is 0 Å². The van der Waals surface area contributed by atoms with E-state index in [-0.39, 0.29) is 12.0 Å². The summed E-state index contributed by atoms with van der Waals surface area (Å²) in [6.07, 6.45) is 3.94. The van der Waals surface area contributed by atoms with Crippen molar-refractivity contribution in [2.24, 2.45) is 5.41 Å². The first kappa shape index (κ1) is 11.6. The molecule has 0 bridgehead atoms. The van der Waals surface area contributed by atoms with E-state index in [1.54, 1.807) is 0 Å². The molecule has 0 aliphatic carbocycles. The lowest BCUT2D eigenvalue weighted by molar-refractivity contribution is 0.126. The van der Waals surface area contributed by atoms with Crippen molar-refractivity contribution in [2.75, 3.05) is 6.61 Å². The Bertz CT molecular complexity index is 139. The van der Waals surface area contributed by atoms with Crippen molar-refractivity contribution in [3.05, 3.63) is 0 Å². The van der Waals surface area contributed by atoms with Crippen molar-refractivity contribution >= 4 is 5.71 Å². The predicted octanol–water partition coefficient (Wildman–Crippen LogP) is 2.60. The van der Waals surface area contributed by atoms with E-state index in [1.807, 2.05) is 6.92 Å². The lowest BCUT2D eigenvalue weighted by atomic mass is 9.83. The van der Waals surface area contributed by atoms with Gasteiger partial charge in [-0.2, -0.15) is 0 Å². The lowest BCUT2D eigenvalue weighted by Gasteiger charge is -2.25. The van der Waals surface area contributed by atoms with Crippen LogP contribution in [-0.2, 0) is 0 Å². The van der Waals surface area contributed by atoms with Crippen LogP contribution in [-0.4, -0.2) is 17.4 Å². The molecule has 1 unspecified atom stereocenters. The fourth-order valence-corrected chi connectivity index (χ4v) is 1.15. The molecule has 0 aliphatic heterocycles. The maximum Gasteiger partial charge on any atom is 0.0484 e. The van der Waals surface area contributed by atoms with E-state index >= 15 is 0 Å². The van der Waals surface area contributed by atoms with Gasteiger partial charge in [0, 0.05) is 12.3 Å². The van der Waals surface area contributed by atoms with Crippen LogP contribution in [0.2, 0.25) is 0 Å². The zero-order valence-corrected chi connectivity index (χ0v) is 8.48. The molecule has 0 saturated carbocycles. The summed E-state index contributed by atoms with van der Waals surface area (Å²) < 4.78 is 0. The first-order chi connectivity index (χ1) is 5.54. The Morgan fingerprint density at radius 2 is 2.08 bits per heavy atom. The van der Waals surface area contributed by atoms with Gasteiger partial charge >= 0.3 is 0 Å². The molecule has 0 amide bonds. The Morgan fingerprint density at radius 1 is 1.50 bits per heavy atom. The fourth-order valence-electron chi connectivity index (χ4n) is 1.15. The molecule has 1 atom stereocenters. The molecule has 0 aromatic heterocycles. The molecule has 0 aromatic carbocycles. The quantitative estimate of drug-likeness (QED) is 0.593. The molecule has 0 aromatic rings. The van der Waals surface area contributed by atoms with Crippen molar-refractivity contribution in [1.29, 1.82) is 5.41 Å². The maximum atomic E-state index is 9.10. The van der Waals surface area contributed by atoms with E-state index in [4.69, 9.17) is 10.5 Å². The Hall–Kier alpha value is -0.370. The van der Waals surface area contributed by atoms with Crippen LogP contribution in [0.1, 0.15) is 46.5 Å². The number of aliphatic hydroxyl groups excluding tert-OH is 1. The summed E-state index contributed by atoms with van der Waals surface area (Å²) in [6, 6.07) is 0. The minimum atomic E-state index is 0.0788. The summed E-state index contributed by atoms with van der Waals surface area (Å²) in [7, 11) is 0. The third-order valence-corrected chi connectivity index (χ3v) is 2.57. The average molecular weight is 171 g/mol. The summed E-state index contributed by atoms with van der Waals surface area (Å²) in [4.78, 5) is 0. The first-order valence-corrected chi connectivity index (χ1v) is 4.69. The number of hydrogen-bond donors (Lipinski definition) is 2. The summed E-state index contributed by atoms with van der Waals surface area (Å²) >= 11 is 0. The minimum Gasteiger partial charge on any atom is -0.396 e. The van der Waals surface area contributed by atoms with Gasteiger partial charge in [0.05, 0.1) is 0 Å². The Balaban J connectivity index is 3.65. The third-order valence-electron chi connectivity index (χ3n) is 2.57. The largest absolute Gasteiger partial charge is 0.396 e. The molecule has 0 fully saturated rings. The highest BCUT2D eigenvalue weighted by molar-refractivity contribution is 5.78. The second-order valence-corrected chi connectivity index (χ2v) is 3.96. The Kier molecular flexibility index (Phi) is 5.14. The van der Waals surface area contributed by atoms with Crippen LogP contribution in [0.25, 0.3) is 0 Å². The Labute approximate surface area is 75.5 Å². The SMILES string of the molecule is CCC(C)(CO)CCCC(C)=N. The molecule has 0 rings (SSSR count). The molecule has 2 heteroatoms. The van der Waals surface area contributed by atoms with Crippen LogP contribution in [0.5, 0.6) is 0 Å². The van der Waals surface area contributed by atoms with Gasteiger partial charge in [0.2, 0.25) is 0 Å². The predicted molar refractivity (Wildman–Crippen MR) is 52.7 cm³/mol. The molecule has 0 spiro atoms. The van der Waals surface area contributed by atoms with Gasteiger partial charge in [-0.05, 0) is 38.0 Å². The van der Waals surface area contributed by atoms with E-state index in [0.29, 0.717) is 0 Å². The van der Waals surface area contributed by atoms with E-state index in [2.05, 4.69) is 13.8 Å². The molecule has 0 heterocycles. The highest BCUT2D eigenvalue weighted by Gasteiger charge is 2.19. The highest BCUT2D eigenvalue weighted by Crippen LogP contribution is 2.26. The van der Waals surface area contributed by atoms with Crippen LogP contribution in [0.15, 0.2) is 0 Å². The van der Waals surface area contributed by atoms with Gasteiger partial charge in [0.1, 0.15) is 0 Å². The van der Waals surface area contributed by atoms with E-state index in [0.717, 1.165) is 31.4 Å². The monoisotopic (exact) mass is 171 g/mol. The number of rotatable bonds is 6. The van der Waals surface area contributed by atoms with Gasteiger partial charge in [0.15, 0.2) is 0 Å². The maximum absolute atomic E-state index is 9.10. The molecule has 0 saturated heterocycles. The molecule has 2 nitrogen and oxygen atoms in total.